The third kappa shape index (κ3) is 2.78. The van der Waals surface area contributed by atoms with Crippen molar-refractivity contribution in [3.05, 3.63) is 22.3 Å². The molecule has 0 aromatic heterocycles. The van der Waals surface area contributed by atoms with Gasteiger partial charge in [0.05, 0.1) is 0 Å². The summed E-state index contributed by atoms with van der Waals surface area (Å²) in [7, 11) is 0. The number of rotatable bonds is 5. The largest absolute Gasteiger partial charge is 0.0645 e. The first-order chi connectivity index (χ1) is 7.24. The van der Waals surface area contributed by atoms with Crippen molar-refractivity contribution in [3.8, 4) is 0 Å². The fraction of sp³-hybridized carbons (Fsp3) is 0.733. The Kier molecular flexibility index (Phi) is 7.82. The van der Waals surface area contributed by atoms with E-state index in [1.54, 1.807) is 22.3 Å². The summed E-state index contributed by atoms with van der Waals surface area (Å²) in [5, 5.41) is 0. The summed E-state index contributed by atoms with van der Waals surface area (Å²) in [6.07, 6.45) is 6.24. The molecule has 16 heavy (non-hydrogen) atoms. The van der Waals surface area contributed by atoms with Gasteiger partial charge in [0.25, 0.3) is 0 Å². The van der Waals surface area contributed by atoms with Crippen LogP contribution in [0.25, 0.3) is 0 Å². The van der Waals surface area contributed by atoms with Crippen LogP contribution in [0.2, 0.25) is 0 Å². The molecule has 0 fully saturated rings. The number of hydrogen-bond donors (Lipinski definition) is 0. The molecule has 0 amide bonds. The molecule has 0 saturated carbocycles. The van der Waals surface area contributed by atoms with Crippen molar-refractivity contribution < 1.29 is 26.2 Å². The topological polar surface area (TPSA) is 0 Å². The summed E-state index contributed by atoms with van der Waals surface area (Å²) in [6, 6.07) is 0. The van der Waals surface area contributed by atoms with E-state index in [0.717, 1.165) is 5.92 Å². The summed E-state index contributed by atoms with van der Waals surface area (Å²) >= 11 is 0. The molecule has 1 aliphatic rings. The molecule has 0 aromatic rings. The Balaban J connectivity index is 0.00000225. The summed E-state index contributed by atoms with van der Waals surface area (Å²) in [5.41, 5.74) is 6.88. The van der Waals surface area contributed by atoms with Gasteiger partial charge in [0.1, 0.15) is 0 Å². The molecule has 0 saturated heterocycles. The SMILES string of the molecule is CCC1=C(CC)C(CC)C(CC)=C1CC.[Zr]. The molecule has 90 valence electrons. The Labute approximate surface area is 121 Å². The van der Waals surface area contributed by atoms with Crippen LogP contribution in [0, 0.1) is 5.92 Å². The summed E-state index contributed by atoms with van der Waals surface area (Å²) < 4.78 is 0. The molecule has 0 unspecified atom stereocenters. The van der Waals surface area contributed by atoms with Crippen LogP contribution in [0.1, 0.15) is 66.7 Å². The van der Waals surface area contributed by atoms with Crippen LogP contribution < -0.4 is 0 Å². The average molecular weight is 298 g/mol. The third-order valence-electron chi connectivity index (χ3n) is 3.86. The van der Waals surface area contributed by atoms with Gasteiger partial charge >= 0.3 is 0 Å². The van der Waals surface area contributed by atoms with Gasteiger partial charge in [-0.15, -0.1) is 0 Å². The van der Waals surface area contributed by atoms with Crippen LogP contribution in [0.5, 0.6) is 0 Å². The zero-order chi connectivity index (χ0) is 11.4. The van der Waals surface area contributed by atoms with E-state index in [0.29, 0.717) is 0 Å². The van der Waals surface area contributed by atoms with Gasteiger partial charge in [0.15, 0.2) is 0 Å². The minimum Gasteiger partial charge on any atom is -0.0645 e. The van der Waals surface area contributed by atoms with E-state index < -0.39 is 0 Å². The van der Waals surface area contributed by atoms with Gasteiger partial charge in [0.2, 0.25) is 0 Å². The average Bonchev–Trinajstić information content (AvgIpc) is 2.59. The van der Waals surface area contributed by atoms with Gasteiger partial charge in [-0.05, 0) is 43.3 Å². The van der Waals surface area contributed by atoms with Crippen LogP contribution >= 0.6 is 0 Å². The molecule has 1 aliphatic carbocycles. The van der Waals surface area contributed by atoms with Crippen LogP contribution in [-0.2, 0) is 26.2 Å². The standard InChI is InChI=1S/C15H26.Zr/c1-6-11-12(7-2)14(9-4)15(10-5)13(11)8-3;/h11H,6-10H2,1-5H3;. The van der Waals surface area contributed by atoms with Crippen molar-refractivity contribution >= 4 is 0 Å². The van der Waals surface area contributed by atoms with E-state index in [-0.39, 0.29) is 26.2 Å². The van der Waals surface area contributed by atoms with Crippen molar-refractivity contribution in [1.82, 2.24) is 0 Å². The summed E-state index contributed by atoms with van der Waals surface area (Å²) in [5.74, 6) is 0.782. The van der Waals surface area contributed by atoms with E-state index >= 15 is 0 Å². The Morgan fingerprint density at radius 1 is 0.688 bits per heavy atom. The Morgan fingerprint density at radius 3 is 1.25 bits per heavy atom. The molecule has 0 aliphatic heterocycles. The van der Waals surface area contributed by atoms with E-state index in [1.165, 1.54) is 32.1 Å². The smallest absolute Gasteiger partial charge is 0.00159 e. The second-order valence-electron chi connectivity index (χ2n) is 4.38. The van der Waals surface area contributed by atoms with Crippen molar-refractivity contribution in [2.75, 3.05) is 0 Å². The first kappa shape index (κ1) is 16.4. The van der Waals surface area contributed by atoms with E-state index in [4.69, 9.17) is 0 Å². The molecule has 0 spiro atoms. The maximum Gasteiger partial charge on any atom is 0.00159 e. The molecule has 0 atom stereocenters. The van der Waals surface area contributed by atoms with Gasteiger partial charge in [-0.2, -0.15) is 0 Å². The predicted octanol–water partition coefficient (Wildman–Crippen LogP) is 5.26. The number of allylic oxidation sites excluding steroid dienone is 4. The molecule has 0 heterocycles. The Hall–Kier alpha value is 0.363. The predicted molar refractivity (Wildman–Crippen MR) is 69.0 cm³/mol. The Bertz CT molecular complexity index is 256. The molecule has 0 nitrogen and oxygen atoms in total. The van der Waals surface area contributed by atoms with Gasteiger partial charge < -0.3 is 0 Å². The molecular weight excluding hydrogens is 271 g/mol. The normalized spacial score (nSPS) is 17.1. The van der Waals surface area contributed by atoms with Crippen molar-refractivity contribution in [1.29, 1.82) is 0 Å². The maximum atomic E-state index is 2.34. The van der Waals surface area contributed by atoms with Gasteiger partial charge in [-0.1, -0.05) is 45.8 Å². The first-order valence-corrected chi connectivity index (χ1v) is 6.69. The molecule has 1 rings (SSSR count). The quantitative estimate of drug-likeness (QED) is 0.649. The zero-order valence-electron chi connectivity index (χ0n) is 11.6. The third-order valence-corrected chi connectivity index (χ3v) is 3.86. The van der Waals surface area contributed by atoms with E-state index in [2.05, 4.69) is 34.6 Å². The van der Waals surface area contributed by atoms with Crippen LogP contribution in [0.3, 0.4) is 0 Å². The number of hydrogen-bond acceptors (Lipinski definition) is 0. The minimum absolute atomic E-state index is 0. The molecule has 0 bridgehead atoms. The monoisotopic (exact) mass is 296 g/mol. The molecule has 0 radical (unpaired) electrons. The van der Waals surface area contributed by atoms with E-state index in [9.17, 15) is 0 Å². The molecular formula is C15H26Zr. The van der Waals surface area contributed by atoms with Crippen LogP contribution in [-0.4, -0.2) is 0 Å². The summed E-state index contributed by atoms with van der Waals surface area (Å²) in [4.78, 5) is 0. The minimum atomic E-state index is 0. The first-order valence-electron chi connectivity index (χ1n) is 6.69. The Morgan fingerprint density at radius 2 is 1.06 bits per heavy atom. The second-order valence-corrected chi connectivity index (χ2v) is 4.38. The fourth-order valence-corrected chi connectivity index (χ4v) is 3.31. The van der Waals surface area contributed by atoms with Crippen molar-refractivity contribution in [3.63, 3.8) is 0 Å². The van der Waals surface area contributed by atoms with Gasteiger partial charge in [0, 0.05) is 32.1 Å². The van der Waals surface area contributed by atoms with E-state index in [1.807, 2.05) is 0 Å². The van der Waals surface area contributed by atoms with Crippen molar-refractivity contribution in [2.45, 2.75) is 66.7 Å². The van der Waals surface area contributed by atoms with Gasteiger partial charge in [-0.3, -0.25) is 0 Å². The molecule has 0 N–H and O–H groups in total. The molecule has 0 aromatic carbocycles. The molecule has 1 heteroatoms. The maximum absolute atomic E-state index is 2.34. The van der Waals surface area contributed by atoms with Gasteiger partial charge in [-0.25, -0.2) is 0 Å². The second kappa shape index (κ2) is 7.64. The van der Waals surface area contributed by atoms with Crippen LogP contribution in [0.15, 0.2) is 22.3 Å². The van der Waals surface area contributed by atoms with Crippen molar-refractivity contribution in [2.24, 2.45) is 5.92 Å². The fourth-order valence-electron chi connectivity index (χ4n) is 3.31. The van der Waals surface area contributed by atoms with Crippen LogP contribution in [0.4, 0.5) is 0 Å². The zero-order valence-corrected chi connectivity index (χ0v) is 14.1. The summed E-state index contributed by atoms with van der Waals surface area (Å²) in [6.45, 7) is 11.6.